The molecule has 0 saturated carbocycles. The Morgan fingerprint density at radius 3 is 2.79 bits per heavy atom. The molecule has 0 spiro atoms. The molecule has 0 saturated heterocycles. The van der Waals surface area contributed by atoms with Gasteiger partial charge in [-0.3, -0.25) is 0 Å². The smallest absolute Gasteiger partial charge is 0.00483 e. The third-order valence-electron chi connectivity index (χ3n) is 1.34. The van der Waals surface area contributed by atoms with Crippen molar-refractivity contribution < 1.29 is 0 Å². The fourth-order valence-corrected chi connectivity index (χ4v) is 8.80. The van der Waals surface area contributed by atoms with Gasteiger partial charge in [0, 0.05) is 5.75 Å². The van der Waals surface area contributed by atoms with Crippen LogP contribution in [0.3, 0.4) is 0 Å². The van der Waals surface area contributed by atoms with E-state index in [1.54, 1.807) is 10.8 Å². The van der Waals surface area contributed by atoms with Gasteiger partial charge in [-0.2, -0.15) is 0 Å². The molecule has 0 N–H and O–H groups in total. The topological polar surface area (TPSA) is 0 Å². The van der Waals surface area contributed by atoms with E-state index in [2.05, 4.69) is 35.8 Å². The van der Waals surface area contributed by atoms with Crippen molar-refractivity contribution in [1.29, 1.82) is 0 Å². The lowest BCUT2D eigenvalue weighted by molar-refractivity contribution is 0.975. The number of hydrogen-bond acceptors (Lipinski definition) is 5. The van der Waals surface area contributed by atoms with Crippen LogP contribution in [-0.2, 0) is 0 Å². The fraction of sp³-hybridized carbons (Fsp3) is 0.333. The van der Waals surface area contributed by atoms with E-state index in [4.69, 9.17) is 0 Å². The van der Waals surface area contributed by atoms with Crippen molar-refractivity contribution in [2.24, 2.45) is 0 Å². The fourth-order valence-electron chi connectivity index (χ4n) is 0.744. The van der Waals surface area contributed by atoms with Crippen molar-refractivity contribution >= 4 is 51.1 Å². The van der Waals surface area contributed by atoms with Crippen LogP contribution < -0.4 is 0 Å². The van der Waals surface area contributed by atoms with E-state index in [0.29, 0.717) is 0 Å². The van der Waals surface area contributed by atoms with Crippen molar-refractivity contribution in [3.63, 3.8) is 0 Å². The third kappa shape index (κ3) is 8.29. The maximum Gasteiger partial charge on any atom is 0.00483 e. The molecule has 1 rings (SSSR count). The van der Waals surface area contributed by atoms with Gasteiger partial charge in [0.15, 0.2) is 0 Å². The van der Waals surface area contributed by atoms with Gasteiger partial charge >= 0.3 is 0 Å². The molecule has 14 heavy (non-hydrogen) atoms. The monoisotopic (exact) mass is 280 g/mol. The summed E-state index contributed by atoms with van der Waals surface area (Å²) in [6.45, 7) is 0. The number of allylic oxidation sites excluding steroid dienone is 5. The zero-order valence-corrected chi connectivity index (χ0v) is 11.7. The Bertz CT molecular complexity index is 187. The van der Waals surface area contributed by atoms with Gasteiger partial charge < -0.3 is 0 Å². The standard InChI is InChI=1S/C9H12S5/c1-2-4-6-8-10-12-14-13-11-9-7-5-3-1/h1-4,6,8H,5,7,9H2/b3-1+,4-2?,8-6?. The van der Waals surface area contributed by atoms with E-state index in [-0.39, 0.29) is 0 Å². The predicted octanol–water partition coefficient (Wildman–Crippen LogP) is 5.73. The van der Waals surface area contributed by atoms with E-state index < -0.39 is 0 Å². The summed E-state index contributed by atoms with van der Waals surface area (Å²) in [6, 6.07) is 0. The van der Waals surface area contributed by atoms with Gasteiger partial charge in [0.25, 0.3) is 0 Å². The van der Waals surface area contributed by atoms with Crippen LogP contribution in [0, 0.1) is 0 Å². The Hall–Kier alpha value is 0.970. The zero-order chi connectivity index (χ0) is 9.90. The second-order valence-corrected chi connectivity index (χ2v) is 10.1. The van der Waals surface area contributed by atoms with Crippen molar-refractivity contribution in [2.75, 3.05) is 5.75 Å². The summed E-state index contributed by atoms with van der Waals surface area (Å²) in [4.78, 5) is 0. The normalized spacial score (nSPS) is 22.9. The average molecular weight is 281 g/mol. The molecule has 0 amide bonds. The Balaban J connectivity index is 2.27. The van der Waals surface area contributed by atoms with Gasteiger partial charge in [-0.25, -0.2) is 0 Å². The molecule has 0 fully saturated rings. The molecular weight excluding hydrogens is 268 g/mol. The van der Waals surface area contributed by atoms with Crippen molar-refractivity contribution in [1.82, 2.24) is 0 Å². The summed E-state index contributed by atoms with van der Waals surface area (Å²) in [5, 5.41) is 2.11. The van der Waals surface area contributed by atoms with E-state index in [1.807, 2.05) is 40.3 Å². The Morgan fingerprint density at radius 1 is 0.857 bits per heavy atom. The van der Waals surface area contributed by atoms with Gasteiger partial charge in [-0.05, 0) is 47.7 Å². The van der Waals surface area contributed by atoms with Crippen LogP contribution in [0.1, 0.15) is 12.8 Å². The van der Waals surface area contributed by atoms with Crippen molar-refractivity contribution in [3.8, 4) is 0 Å². The first-order valence-corrected chi connectivity index (χ1v) is 10.6. The molecule has 5 heteroatoms. The maximum absolute atomic E-state index is 2.23. The molecule has 0 aliphatic carbocycles. The molecule has 1 aliphatic heterocycles. The molecule has 0 atom stereocenters. The molecule has 0 nitrogen and oxygen atoms in total. The first-order valence-electron chi connectivity index (χ1n) is 4.27. The molecule has 0 aromatic rings. The summed E-state index contributed by atoms with van der Waals surface area (Å²) in [5.41, 5.74) is 0. The van der Waals surface area contributed by atoms with Gasteiger partial charge in [0.2, 0.25) is 0 Å². The first-order chi connectivity index (χ1) is 7.00. The minimum atomic E-state index is 1.19. The minimum Gasteiger partial charge on any atom is -0.0845 e. The second-order valence-electron chi connectivity index (χ2n) is 2.41. The molecule has 0 aromatic heterocycles. The Morgan fingerprint density at radius 2 is 1.79 bits per heavy atom. The van der Waals surface area contributed by atoms with Crippen LogP contribution in [0.5, 0.6) is 0 Å². The van der Waals surface area contributed by atoms with E-state index >= 15 is 0 Å². The summed E-state index contributed by atoms with van der Waals surface area (Å²) >= 11 is 0. The molecule has 1 heterocycles. The van der Waals surface area contributed by atoms with E-state index in [1.165, 1.54) is 18.6 Å². The summed E-state index contributed by atoms with van der Waals surface area (Å²) in [6.07, 6.45) is 13.1. The largest absolute Gasteiger partial charge is 0.0845 e. The van der Waals surface area contributed by atoms with Crippen LogP contribution in [0.2, 0.25) is 0 Å². The number of rotatable bonds is 0. The van der Waals surface area contributed by atoms with Gasteiger partial charge in [0.1, 0.15) is 0 Å². The summed E-state index contributed by atoms with van der Waals surface area (Å²) < 4.78 is 0. The highest BCUT2D eigenvalue weighted by Gasteiger charge is 1.92. The molecule has 1 aliphatic rings. The van der Waals surface area contributed by atoms with Crippen molar-refractivity contribution in [2.45, 2.75) is 12.8 Å². The average Bonchev–Trinajstić information content (AvgIpc) is 2.22. The molecule has 0 bridgehead atoms. The summed E-state index contributed by atoms with van der Waals surface area (Å²) in [7, 11) is 9.26. The highest BCUT2D eigenvalue weighted by molar-refractivity contribution is 9.35. The van der Waals surface area contributed by atoms with E-state index in [0.717, 1.165) is 0 Å². The molecular formula is C9H12S5. The second kappa shape index (κ2) is 10.5. The van der Waals surface area contributed by atoms with Gasteiger partial charge in [-0.1, -0.05) is 52.0 Å². The highest BCUT2D eigenvalue weighted by Crippen LogP contribution is 2.48. The molecule has 0 unspecified atom stereocenters. The van der Waals surface area contributed by atoms with Crippen molar-refractivity contribution in [3.05, 3.63) is 35.8 Å². The van der Waals surface area contributed by atoms with E-state index in [9.17, 15) is 0 Å². The van der Waals surface area contributed by atoms with Gasteiger partial charge in [0.05, 0.1) is 0 Å². The Labute approximate surface area is 105 Å². The SMILES string of the molecule is C1=C/C=C/CCCSSSSSC=C1. The Kier molecular flexibility index (Phi) is 9.77. The maximum atomic E-state index is 2.23. The lowest BCUT2D eigenvalue weighted by atomic mass is 10.3. The number of hydrogen-bond donors (Lipinski definition) is 0. The predicted molar refractivity (Wildman–Crippen MR) is 79.5 cm³/mol. The minimum absolute atomic E-state index is 1.19. The first kappa shape index (κ1) is 13.0. The molecule has 0 radical (unpaired) electrons. The quantitative estimate of drug-likeness (QED) is 0.518. The van der Waals surface area contributed by atoms with Crippen LogP contribution in [-0.4, -0.2) is 5.75 Å². The van der Waals surface area contributed by atoms with Crippen LogP contribution in [0.25, 0.3) is 0 Å². The van der Waals surface area contributed by atoms with Crippen LogP contribution in [0.15, 0.2) is 35.8 Å². The third-order valence-corrected chi connectivity index (χ3v) is 9.62. The molecule has 78 valence electrons. The lowest BCUT2D eigenvalue weighted by Gasteiger charge is -1.97. The van der Waals surface area contributed by atoms with Crippen LogP contribution in [0.4, 0.5) is 0 Å². The molecule has 0 aromatic carbocycles. The van der Waals surface area contributed by atoms with Crippen LogP contribution >= 0.6 is 51.1 Å². The zero-order valence-electron chi connectivity index (χ0n) is 7.63. The van der Waals surface area contributed by atoms with Gasteiger partial charge in [-0.15, -0.1) is 0 Å². The summed E-state index contributed by atoms with van der Waals surface area (Å²) in [5.74, 6) is 1.24. The lowest BCUT2D eigenvalue weighted by Crippen LogP contribution is -1.73. The highest BCUT2D eigenvalue weighted by atomic mass is 33.8.